The molecule has 0 atom stereocenters. The van der Waals surface area contributed by atoms with Gasteiger partial charge in [0, 0.05) is 16.1 Å². The average Bonchev–Trinajstić information content (AvgIpc) is 2.91. The van der Waals surface area contributed by atoms with Crippen LogP contribution in [-0.4, -0.2) is 24.5 Å². The van der Waals surface area contributed by atoms with Crippen molar-refractivity contribution in [2.45, 2.75) is 38.6 Å². The summed E-state index contributed by atoms with van der Waals surface area (Å²) in [6, 6.07) is 4.28. The summed E-state index contributed by atoms with van der Waals surface area (Å²) in [5.74, 6) is -0.673. The molecule has 1 saturated carbocycles. The van der Waals surface area contributed by atoms with E-state index in [9.17, 15) is 14.0 Å². The number of esters is 1. The zero-order valence-electron chi connectivity index (χ0n) is 13.8. The Hall–Kier alpha value is -1.66. The lowest BCUT2D eigenvalue weighted by Crippen LogP contribution is -2.39. The minimum Gasteiger partial charge on any atom is -0.451 e. The normalized spacial score (nSPS) is 20.4. The van der Waals surface area contributed by atoms with Gasteiger partial charge in [0.05, 0.1) is 5.02 Å². The Morgan fingerprint density at radius 1 is 1.32 bits per heavy atom. The van der Waals surface area contributed by atoms with Gasteiger partial charge in [-0.05, 0) is 49.8 Å². The third-order valence-electron chi connectivity index (χ3n) is 4.49. The Morgan fingerprint density at radius 3 is 2.76 bits per heavy atom. The third-order valence-corrected chi connectivity index (χ3v) is 6.13. The highest BCUT2D eigenvalue weighted by molar-refractivity contribution is 7.21. The number of benzene rings is 1. The fourth-order valence-electron chi connectivity index (χ4n) is 3.04. The van der Waals surface area contributed by atoms with Crippen LogP contribution in [0.3, 0.4) is 0 Å². The Morgan fingerprint density at radius 2 is 2.04 bits per heavy atom. The number of amides is 1. The second-order valence-corrected chi connectivity index (χ2v) is 7.92. The summed E-state index contributed by atoms with van der Waals surface area (Å²) in [5.41, 5.74) is 0. The Labute approximate surface area is 154 Å². The van der Waals surface area contributed by atoms with E-state index in [1.807, 2.05) is 0 Å². The molecule has 4 nitrogen and oxygen atoms in total. The molecule has 3 rings (SSSR count). The molecule has 1 N–H and O–H groups in total. The van der Waals surface area contributed by atoms with Gasteiger partial charge in [0.25, 0.3) is 5.91 Å². The Bertz CT molecular complexity index is 799. The summed E-state index contributed by atoms with van der Waals surface area (Å²) in [6.07, 6.45) is 4.10. The first-order valence-corrected chi connectivity index (χ1v) is 9.47. The first-order valence-electron chi connectivity index (χ1n) is 8.28. The van der Waals surface area contributed by atoms with Gasteiger partial charge in [0.1, 0.15) is 10.7 Å². The number of rotatable bonds is 4. The maximum Gasteiger partial charge on any atom is 0.350 e. The number of halogens is 2. The van der Waals surface area contributed by atoms with Crippen molar-refractivity contribution in [2.24, 2.45) is 5.92 Å². The quantitative estimate of drug-likeness (QED) is 0.788. The van der Waals surface area contributed by atoms with E-state index in [2.05, 4.69) is 12.2 Å². The number of hydrogen-bond donors (Lipinski definition) is 1. The van der Waals surface area contributed by atoms with Gasteiger partial charge < -0.3 is 10.1 Å². The molecule has 1 amide bonds. The van der Waals surface area contributed by atoms with E-state index in [-0.39, 0.29) is 28.5 Å². The van der Waals surface area contributed by atoms with Crippen molar-refractivity contribution in [3.8, 4) is 0 Å². The highest BCUT2D eigenvalue weighted by Crippen LogP contribution is 2.36. The van der Waals surface area contributed by atoms with Gasteiger partial charge in [0.2, 0.25) is 0 Å². The fraction of sp³-hybridized carbons (Fsp3) is 0.444. The van der Waals surface area contributed by atoms with Gasteiger partial charge in [-0.1, -0.05) is 18.5 Å². The van der Waals surface area contributed by atoms with Crippen LogP contribution in [0, 0.1) is 11.7 Å². The van der Waals surface area contributed by atoms with Gasteiger partial charge in [-0.15, -0.1) is 11.3 Å². The molecule has 25 heavy (non-hydrogen) atoms. The summed E-state index contributed by atoms with van der Waals surface area (Å²) in [5, 5.41) is 3.73. The second-order valence-electron chi connectivity index (χ2n) is 6.49. The molecule has 1 aliphatic rings. The van der Waals surface area contributed by atoms with Crippen LogP contribution in [0.25, 0.3) is 10.1 Å². The van der Waals surface area contributed by atoms with Crippen molar-refractivity contribution in [2.75, 3.05) is 6.61 Å². The number of carbonyl (C=O) groups is 2. The standard InChI is InChI=1S/C18H19ClFNO3S/c1-10-2-5-12(6-3-10)21-15(22)9-24-18(23)17-16(19)13-7-4-11(20)8-14(13)25-17/h4,7-8,10,12H,2-3,5-6,9H2,1H3,(H,21,22). The van der Waals surface area contributed by atoms with Crippen LogP contribution in [0.1, 0.15) is 42.3 Å². The van der Waals surface area contributed by atoms with Gasteiger partial charge in [-0.3, -0.25) is 4.79 Å². The highest BCUT2D eigenvalue weighted by Gasteiger charge is 2.22. The molecule has 7 heteroatoms. The van der Waals surface area contributed by atoms with Crippen molar-refractivity contribution in [1.82, 2.24) is 5.32 Å². The lowest BCUT2D eigenvalue weighted by Gasteiger charge is -2.26. The van der Waals surface area contributed by atoms with Crippen molar-refractivity contribution < 1.29 is 18.7 Å². The van der Waals surface area contributed by atoms with Gasteiger partial charge in [-0.25, -0.2) is 9.18 Å². The van der Waals surface area contributed by atoms with Gasteiger partial charge >= 0.3 is 5.97 Å². The Balaban J connectivity index is 1.57. The molecule has 0 radical (unpaired) electrons. The molecule has 0 saturated heterocycles. The first kappa shape index (κ1) is 18.1. The second kappa shape index (κ2) is 7.70. The number of ether oxygens (including phenoxy) is 1. The molecule has 0 unspecified atom stereocenters. The number of thiophene rings is 1. The van der Waals surface area contributed by atoms with E-state index < -0.39 is 11.8 Å². The molecule has 1 aromatic carbocycles. The van der Waals surface area contributed by atoms with E-state index in [1.165, 1.54) is 18.2 Å². The topological polar surface area (TPSA) is 55.4 Å². The summed E-state index contributed by atoms with van der Waals surface area (Å²) in [6.45, 7) is 1.87. The zero-order valence-corrected chi connectivity index (χ0v) is 15.4. The minimum absolute atomic E-state index is 0.151. The van der Waals surface area contributed by atoms with Crippen LogP contribution in [0.4, 0.5) is 4.39 Å². The third kappa shape index (κ3) is 4.30. The van der Waals surface area contributed by atoms with Crippen molar-refractivity contribution in [1.29, 1.82) is 0 Å². The molecule has 2 aromatic rings. The highest BCUT2D eigenvalue weighted by atomic mass is 35.5. The van der Waals surface area contributed by atoms with E-state index in [4.69, 9.17) is 16.3 Å². The lowest BCUT2D eigenvalue weighted by molar-refractivity contribution is -0.125. The first-order chi connectivity index (χ1) is 11.9. The molecule has 1 fully saturated rings. The van der Waals surface area contributed by atoms with Crippen LogP contribution >= 0.6 is 22.9 Å². The molecule has 0 bridgehead atoms. The fourth-order valence-corrected chi connectivity index (χ4v) is 4.47. The molecular weight excluding hydrogens is 365 g/mol. The van der Waals surface area contributed by atoms with Crippen LogP contribution in [-0.2, 0) is 9.53 Å². The largest absolute Gasteiger partial charge is 0.451 e. The van der Waals surface area contributed by atoms with E-state index >= 15 is 0 Å². The maximum absolute atomic E-state index is 13.3. The van der Waals surface area contributed by atoms with E-state index in [1.54, 1.807) is 0 Å². The number of hydrogen-bond acceptors (Lipinski definition) is 4. The molecule has 134 valence electrons. The number of fused-ring (bicyclic) bond motifs is 1. The summed E-state index contributed by atoms with van der Waals surface area (Å²) >= 11 is 7.23. The van der Waals surface area contributed by atoms with E-state index in [0.717, 1.165) is 37.0 Å². The van der Waals surface area contributed by atoms with Crippen molar-refractivity contribution >= 4 is 44.9 Å². The average molecular weight is 384 g/mol. The molecule has 1 aromatic heterocycles. The van der Waals surface area contributed by atoms with E-state index in [0.29, 0.717) is 16.0 Å². The predicted octanol–water partition coefficient (Wildman–Crippen LogP) is 4.55. The Kier molecular flexibility index (Phi) is 5.59. The van der Waals surface area contributed by atoms with Crippen molar-refractivity contribution in [3.05, 3.63) is 33.9 Å². The molecule has 1 heterocycles. The van der Waals surface area contributed by atoms with Crippen molar-refractivity contribution in [3.63, 3.8) is 0 Å². The number of carbonyl (C=O) groups excluding carboxylic acids is 2. The van der Waals surface area contributed by atoms with Crippen LogP contribution in [0.5, 0.6) is 0 Å². The predicted molar refractivity (Wildman–Crippen MR) is 96.6 cm³/mol. The smallest absolute Gasteiger partial charge is 0.350 e. The van der Waals surface area contributed by atoms with Crippen LogP contribution < -0.4 is 5.32 Å². The monoisotopic (exact) mass is 383 g/mol. The lowest BCUT2D eigenvalue weighted by atomic mass is 9.87. The van der Waals surface area contributed by atoms with Gasteiger partial charge in [0.15, 0.2) is 6.61 Å². The summed E-state index contributed by atoms with van der Waals surface area (Å²) in [7, 11) is 0. The molecular formula is C18H19ClFNO3S. The molecule has 0 aliphatic heterocycles. The summed E-state index contributed by atoms with van der Waals surface area (Å²) < 4.78 is 18.9. The zero-order chi connectivity index (χ0) is 18.0. The summed E-state index contributed by atoms with van der Waals surface area (Å²) in [4.78, 5) is 24.3. The minimum atomic E-state index is -0.668. The molecule has 1 aliphatic carbocycles. The maximum atomic E-state index is 13.3. The number of nitrogens with one attached hydrogen (secondary N) is 1. The SMILES string of the molecule is CC1CCC(NC(=O)COC(=O)c2sc3cc(F)ccc3c2Cl)CC1. The van der Waals surface area contributed by atoms with Gasteiger partial charge in [-0.2, -0.15) is 0 Å². The van der Waals surface area contributed by atoms with Crippen LogP contribution in [0.2, 0.25) is 5.02 Å². The van der Waals surface area contributed by atoms with Crippen LogP contribution in [0.15, 0.2) is 18.2 Å². The molecule has 0 spiro atoms.